The van der Waals surface area contributed by atoms with Crippen LogP contribution in [0.15, 0.2) is 12.3 Å². The number of nitrogen functional groups attached to an aromatic ring is 1. The monoisotopic (exact) mass is 205 g/mol. The van der Waals surface area contributed by atoms with E-state index < -0.39 is 0 Å². The maximum atomic E-state index is 5.83. The molecule has 15 heavy (non-hydrogen) atoms. The van der Waals surface area contributed by atoms with Gasteiger partial charge >= 0.3 is 0 Å². The Bertz CT molecular complexity index is 349. The molecule has 1 saturated heterocycles. The van der Waals surface area contributed by atoms with Crippen LogP contribution < -0.4 is 10.6 Å². The van der Waals surface area contributed by atoms with Gasteiger partial charge in [0, 0.05) is 30.0 Å². The predicted molar refractivity (Wildman–Crippen MR) is 64.0 cm³/mol. The van der Waals surface area contributed by atoms with Gasteiger partial charge in [-0.2, -0.15) is 0 Å². The Balaban J connectivity index is 2.31. The first-order valence-electron chi connectivity index (χ1n) is 5.68. The Morgan fingerprint density at radius 3 is 3.00 bits per heavy atom. The number of anilines is 2. The summed E-state index contributed by atoms with van der Waals surface area (Å²) in [6.07, 6.45) is 5.71. The first-order valence-corrected chi connectivity index (χ1v) is 5.68. The van der Waals surface area contributed by atoms with Crippen molar-refractivity contribution >= 4 is 11.5 Å². The summed E-state index contributed by atoms with van der Waals surface area (Å²) in [5, 5.41) is 0. The zero-order chi connectivity index (χ0) is 10.8. The Morgan fingerprint density at radius 1 is 1.47 bits per heavy atom. The molecule has 0 aliphatic carbocycles. The minimum atomic E-state index is 0.624. The minimum Gasteiger partial charge on any atom is -0.383 e. The van der Waals surface area contributed by atoms with Crippen molar-refractivity contribution in [3.8, 4) is 0 Å². The Morgan fingerprint density at radius 2 is 2.27 bits per heavy atom. The largest absolute Gasteiger partial charge is 0.383 e. The van der Waals surface area contributed by atoms with Crippen LogP contribution in [-0.2, 0) is 0 Å². The highest BCUT2D eigenvalue weighted by Gasteiger charge is 2.20. The second-order valence-corrected chi connectivity index (χ2v) is 4.38. The Labute approximate surface area is 91.3 Å². The fourth-order valence-corrected chi connectivity index (χ4v) is 2.31. The molecule has 2 heterocycles. The van der Waals surface area contributed by atoms with Crippen LogP contribution >= 0.6 is 0 Å². The lowest BCUT2D eigenvalue weighted by atomic mass is 10.0. The number of pyridine rings is 1. The summed E-state index contributed by atoms with van der Waals surface area (Å²) in [5.41, 5.74) is 8.21. The van der Waals surface area contributed by atoms with Crippen molar-refractivity contribution in [3.63, 3.8) is 0 Å². The predicted octanol–water partition coefficient (Wildman–Crippen LogP) is 2.35. The van der Waals surface area contributed by atoms with Gasteiger partial charge in [0.05, 0.1) is 0 Å². The van der Waals surface area contributed by atoms with Crippen molar-refractivity contribution in [1.29, 1.82) is 0 Å². The van der Waals surface area contributed by atoms with E-state index in [1.165, 1.54) is 24.9 Å². The maximum absolute atomic E-state index is 5.83. The first kappa shape index (κ1) is 10.3. The molecule has 3 nitrogen and oxygen atoms in total. The fourth-order valence-electron chi connectivity index (χ4n) is 2.31. The normalized spacial score (nSPS) is 21.7. The molecule has 1 fully saturated rings. The average molecular weight is 205 g/mol. The van der Waals surface area contributed by atoms with Gasteiger partial charge in [-0.15, -0.1) is 0 Å². The van der Waals surface area contributed by atoms with E-state index in [4.69, 9.17) is 5.73 Å². The van der Waals surface area contributed by atoms with Gasteiger partial charge in [0.15, 0.2) is 0 Å². The van der Waals surface area contributed by atoms with Crippen LogP contribution in [0.1, 0.15) is 31.7 Å². The smallest absolute Gasteiger partial charge is 0.128 e. The van der Waals surface area contributed by atoms with Gasteiger partial charge in [-0.05, 0) is 39.2 Å². The van der Waals surface area contributed by atoms with Crippen molar-refractivity contribution in [3.05, 3.63) is 17.8 Å². The van der Waals surface area contributed by atoms with Crippen LogP contribution in [0.2, 0.25) is 0 Å². The van der Waals surface area contributed by atoms with Gasteiger partial charge in [0.1, 0.15) is 5.82 Å². The molecule has 2 rings (SSSR count). The third-order valence-electron chi connectivity index (χ3n) is 3.33. The molecule has 1 unspecified atom stereocenters. The number of nitrogens with two attached hydrogens (primary N) is 1. The van der Waals surface area contributed by atoms with Crippen molar-refractivity contribution in [1.82, 2.24) is 4.98 Å². The second kappa shape index (κ2) is 4.09. The summed E-state index contributed by atoms with van der Waals surface area (Å²) in [6.45, 7) is 5.49. The Kier molecular flexibility index (Phi) is 2.80. The molecule has 1 aromatic heterocycles. The van der Waals surface area contributed by atoms with Crippen molar-refractivity contribution in [2.24, 2.45) is 0 Å². The molecule has 0 spiro atoms. The molecule has 1 aliphatic rings. The number of aromatic nitrogens is 1. The van der Waals surface area contributed by atoms with Crippen LogP contribution in [0.25, 0.3) is 0 Å². The van der Waals surface area contributed by atoms with Gasteiger partial charge in [-0.25, -0.2) is 4.98 Å². The molecule has 0 aromatic carbocycles. The second-order valence-electron chi connectivity index (χ2n) is 4.38. The molecule has 3 heteroatoms. The number of hydrogen-bond acceptors (Lipinski definition) is 3. The topological polar surface area (TPSA) is 42.2 Å². The lowest BCUT2D eigenvalue weighted by Gasteiger charge is -2.36. The molecule has 0 bridgehead atoms. The summed E-state index contributed by atoms with van der Waals surface area (Å²) in [4.78, 5) is 6.57. The quantitative estimate of drug-likeness (QED) is 0.765. The van der Waals surface area contributed by atoms with Gasteiger partial charge in [-0.3, -0.25) is 0 Å². The maximum Gasteiger partial charge on any atom is 0.128 e. The van der Waals surface area contributed by atoms with E-state index in [-0.39, 0.29) is 0 Å². The molecule has 82 valence electrons. The molecular weight excluding hydrogens is 186 g/mol. The zero-order valence-electron chi connectivity index (χ0n) is 9.53. The third kappa shape index (κ3) is 1.91. The van der Waals surface area contributed by atoms with Crippen LogP contribution in [0, 0.1) is 6.92 Å². The van der Waals surface area contributed by atoms with Gasteiger partial charge < -0.3 is 10.6 Å². The Hall–Kier alpha value is -1.25. The number of nitrogens with zero attached hydrogens (tertiary/aromatic N) is 2. The number of hydrogen-bond donors (Lipinski definition) is 1. The van der Waals surface area contributed by atoms with Crippen molar-refractivity contribution < 1.29 is 0 Å². The van der Waals surface area contributed by atoms with Crippen LogP contribution in [0.4, 0.5) is 11.5 Å². The van der Waals surface area contributed by atoms with Gasteiger partial charge in [-0.1, -0.05) is 0 Å². The van der Waals surface area contributed by atoms with Crippen LogP contribution in [-0.4, -0.2) is 17.6 Å². The highest BCUT2D eigenvalue weighted by atomic mass is 15.2. The van der Waals surface area contributed by atoms with E-state index in [0.717, 1.165) is 12.1 Å². The molecule has 0 amide bonds. The fraction of sp³-hybridized carbons (Fsp3) is 0.583. The summed E-state index contributed by atoms with van der Waals surface area (Å²) < 4.78 is 0. The van der Waals surface area contributed by atoms with Crippen molar-refractivity contribution in [2.45, 2.75) is 39.2 Å². The lowest BCUT2D eigenvalue weighted by Crippen LogP contribution is -2.37. The van der Waals surface area contributed by atoms with E-state index >= 15 is 0 Å². The van der Waals surface area contributed by atoms with E-state index in [1.54, 1.807) is 6.20 Å². The summed E-state index contributed by atoms with van der Waals surface area (Å²) >= 11 is 0. The molecular formula is C12H19N3. The number of piperidine rings is 1. The van der Waals surface area contributed by atoms with Crippen molar-refractivity contribution in [2.75, 3.05) is 17.2 Å². The molecule has 0 radical (unpaired) electrons. The molecule has 1 aliphatic heterocycles. The van der Waals surface area contributed by atoms with Gasteiger partial charge in [0.25, 0.3) is 0 Å². The van der Waals surface area contributed by atoms with E-state index in [0.29, 0.717) is 11.9 Å². The van der Waals surface area contributed by atoms with E-state index in [1.807, 2.05) is 0 Å². The summed E-state index contributed by atoms with van der Waals surface area (Å²) in [6, 6.07) is 2.70. The summed E-state index contributed by atoms with van der Waals surface area (Å²) in [5.74, 6) is 0.658. The zero-order valence-corrected chi connectivity index (χ0v) is 9.53. The molecule has 1 atom stereocenters. The van der Waals surface area contributed by atoms with Crippen LogP contribution in [0.3, 0.4) is 0 Å². The summed E-state index contributed by atoms with van der Waals surface area (Å²) in [7, 11) is 0. The highest BCUT2D eigenvalue weighted by molar-refractivity contribution is 5.61. The van der Waals surface area contributed by atoms with Crippen LogP contribution in [0.5, 0.6) is 0 Å². The minimum absolute atomic E-state index is 0.624. The first-order chi connectivity index (χ1) is 7.20. The van der Waals surface area contributed by atoms with E-state index in [2.05, 4.69) is 29.8 Å². The molecule has 2 N–H and O–H groups in total. The SMILES string of the molecule is Cc1c(N2CCCCC2C)ccnc1N. The standard InChI is InChI=1S/C12H19N3/c1-9-5-3-4-8-15(9)11-6-7-14-12(13)10(11)2/h6-7,9H,3-5,8H2,1-2H3,(H2,13,14). The lowest BCUT2D eigenvalue weighted by molar-refractivity contribution is 0.484. The molecule has 0 saturated carbocycles. The van der Waals surface area contributed by atoms with Gasteiger partial charge in [0.2, 0.25) is 0 Å². The van der Waals surface area contributed by atoms with E-state index in [9.17, 15) is 0 Å². The number of rotatable bonds is 1. The average Bonchev–Trinajstić information content (AvgIpc) is 2.23. The highest BCUT2D eigenvalue weighted by Crippen LogP contribution is 2.28. The third-order valence-corrected chi connectivity index (χ3v) is 3.33. The molecule has 1 aromatic rings.